The fraction of sp³-hybridized carbons (Fsp3) is 0.316. The van der Waals surface area contributed by atoms with Gasteiger partial charge in [-0.05, 0) is 49.7 Å². The SMILES string of the molecule is CCN(CCN=C(N)Nc1ccc(OC)cc1)c1ccccc1C.I. The Labute approximate surface area is 167 Å². The molecule has 136 valence electrons. The summed E-state index contributed by atoms with van der Waals surface area (Å²) in [4.78, 5) is 6.72. The number of guanidine groups is 1. The lowest BCUT2D eigenvalue weighted by atomic mass is 10.2. The molecule has 0 heterocycles. The van der Waals surface area contributed by atoms with Crippen LogP contribution < -0.4 is 20.7 Å². The minimum Gasteiger partial charge on any atom is -0.497 e. The van der Waals surface area contributed by atoms with Gasteiger partial charge < -0.3 is 20.7 Å². The minimum absolute atomic E-state index is 0. The van der Waals surface area contributed by atoms with Crippen LogP contribution in [0.1, 0.15) is 12.5 Å². The number of aryl methyl sites for hydroxylation is 1. The van der Waals surface area contributed by atoms with Crippen LogP contribution in [-0.4, -0.2) is 32.7 Å². The molecule has 25 heavy (non-hydrogen) atoms. The molecule has 0 amide bonds. The molecule has 0 atom stereocenters. The third-order valence-corrected chi connectivity index (χ3v) is 3.85. The number of nitrogens with one attached hydrogen (secondary N) is 1. The number of ether oxygens (including phenoxy) is 1. The highest BCUT2D eigenvalue weighted by Gasteiger charge is 2.06. The largest absolute Gasteiger partial charge is 0.497 e. The highest BCUT2D eigenvalue weighted by atomic mass is 127. The van der Waals surface area contributed by atoms with E-state index >= 15 is 0 Å². The first-order valence-corrected chi connectivity index (χ1v) is 8.15. The van der Waals surface area contributed by atoms with Gasteiger partial charge in [-0.1, -0.05) is 18.2 Å². The fourth-order valence-corrected chi connectivity index (χ4v) is 2.52. The molecule has 0 saturated heterocycles. The maximum absolute atomic E-state index is 5.96. The molecule has 2 aromatic rings. The van der Waals surface area contributed by atoms with Gasteiger partial charge in [0, 0.05) is 24.5 Å². The van der Waals surface area contributed by atoms with E-state index in [0.717, 1.165) is 24.5 Å². The van der Waals surface area contributed by atoms with Crippen molar-refractivity contribution in [3.8, 4) is 5.75 Å². The molecule has 0 bridgehead atoms. The van der Waals surface area contributed by atoms with Crippen LogP contribution in [0, 0.1) is 6.92 Å². The normalized spacial score (nSPS) is 10.8. The number of anilines is 2. The standard InChI is InChI=1S/C19H26N4O.HI/c1-4-23(18-8-6-5-7-15(18)2)14-13-21-19(20)22-16-9-11-17(24-3)12-10-16;/h5-12H,4,13-14H2,1-3H3,(H3,20,21,22);1H. The van der Waals surface area contributed by atoms with E-state index in [1.54, 1.807) is 7.11 Å². The van der Waals surface area contributed by atoms with E-state index in [1.807, 2.05) is 24.3 Å². The van der Waals surface area contributed by atoms with Crippen LogP contribution in [0.4, 0.5) is 11.4 Å². The zero-order valence-electron chi connectivity index (χ0n) is 15.0. The quantitative estimate of drug-likeness (QED) is 0.379. The topological polar surface area (TPSA) is 62.9 Å². The van der Waals surface area contributed by atoms with Crippen LogP contribution in [0.15, 0.2) is 53.5 Å². The van der Waals surface area contributed by atoms with E-state index in [1.165, 1.54) is 11.3 Å². The van der Waals surface area contributed by atoms with Crippen LogP contribution in [0.25, 0.3) is 0 Å². The number of benzene rings is 2. The summed E-state index contributed by atoms with van der Waals surface area (Å²) < 4.78 is 5.13. The number of nitrogens with zero attached hydrogens (tertiary/aromatic N) is 2. The van der Waals surface area contributed by atoms with Gasteiger partial charge in [0.15, 0.2) is 5.96 Å². The Morgan fingerprint density at radius 2 is 1.84 bits per heavy atom. The number of halogens is 1. The molecule has 0 radical (unpaired) electrons. The lowest BCUT2D eigenvalue weighted by Gasteiger charge is -2.24. The highest BCUT2D eigenvalue weighted by molar-refractivity contribution is 14.0. The monoisotopic (exact) mass is 454 g/mol. The molecule has 0 saturated carbocycles. The summed E-state index contributed by atoms with van der Waals surface area (Å²) in [6.45, 7) is 6.67. The molecule has 0 aromatic heterocycles. The van der Waals surface area contributed by atoms with Gasteiger partial charge in [-0.25, -0.2) is 0 Å². The summed E-state index contributed by atoms with van der Waals surface area (Å²) in [7, 11) is 1.65. The summed E-state index contributed by atoms with van der Waals surface area (Å²) in [5.74, 6) is 1.23. The summed E-state index contributed by atoms with van der Waals surface area (Å²) >= 11 is 0. The molecule has 3 N–H and O–H groups in total. The van der Waals surface area contributed by atoms with Crippen molar-refractivity contribution >= 4 is 41.3 Å². The maximum Gasteiger partial charge on any atom is 0.193 e. The van der Waals surface area contributed by atoms with E-state index in [-0.39, 0.29) is 24.0 Å². The number of methoxy groups -OCH3 is 1. The zero-order valence-corrected chi connectivity index (χ0v) is 17.4. The molecule has 0 unspecified atom stereocenters. The van der Waals surface area contributed by atoms with Crippen molar-refractivity contribution in [2.45, 2.75) is 13.8 Å². The second-order valence-corrected chi connectivity index (χ2v) is 5.49. The number of aliphatic imine (C=N–C) groups is 1. The molecule has 0 fully saturated rings. The minimum atomic E-state index is 0. The summed E-state index contributed by atoms with van der Waals surface area (Å²) in [6, 6.07) is 16.0. The zero-order chi connectivity index (χ0) is 17.4. The Morgan fingerprint density at radius 1 is 1.16 bits per heavy atom. The van der Waals surface area contributed by atoms with Gasteiger partial charge in [-0.2, -0.15) is 0 Å². The number of rotatable bonds is 7. The van der Waals surface area contributed by atoms with Crippen LogP contribution in [0.2, 0.25) is 0 Å². The average molecular weight is 454 g/mol. The lowest BCUT2D eigenvalue weighted by molar-refractivity contribution is 0.415. The predicted octanol–water partition coefficient (Wildman–Crippen LogP) is 3.87. The molecule has 6 heteroatoms. The van der Waals surface area contributed by atoms with Crippen molar-refractivity contribution in [1.82, 2.24) is 0 Å². The van der Waals surface area contributed by atoms with Crippen molar-refractivity contribution in [2.24, 2.45) is 10.7 Å². The van der Waals surface area contributed by atoms with E-state index < -0.39 is 0 Å². The Bertz CT molecular complexity index is 673. The van der Waals surface area contributed by atoms with E-state index in [9.17, 15) is 0 Å². The smallest absolute Gasteiger partial charge is 0.193 e. The van der Waals surface area contributed by atoms with Gasteiger partial charge in [0.2, 0.25) is 0 Å². The maximum atomic E-state index is 5.96. The molecule has 0 aliphatic rings. The first kappa shape index (κ1) is 21.1. The van der Waals surface area contributed by atoms with Crippen molar-refractivity contribution < 1.29 is 4.74 Å². The second kappa shape index (κ2) is 10.8. The van der Waals surface area contributed by atoms with E-state index in [0.29, 0.717) is 12.5 Å². The molecule has 0 aliphatic heterocycles. The van der Waals surface area contributed by atoms with Gasteiger partial charge in [-0.15, -0.1) is 24.0 Å². The predicted molar refractivity (Wildman–Crippen MR) is 118 cm³/mol. The third-order valence-electron chi connectivity index (χ3n) is 3.85. The van der Waals surface area contributed by atoms with Gasteiger partial charge in [0.05, 0.1) is 13.7 Å². The van der Waals surface area contributed by atoms with Crippen molar-refractivity contribution in [3.05, 3.63) is 54.1 Å². The summed E-state index contributed by atoms with van der Waals surface area (Å²) in [5.41, 5.74) is 9.37. The van der Waals surface area contributed by atoms with Gasteiger partial charge >= 0.3 is 0 Å². The van der Waals surface area contributed by atoms with Crippen LogP contribution in [0.5, 0.6) is 5.75 Å². The summed E-state index contributed by atoms with van der Waals surface area (Å²) in [6.07, 6.45) is 0. The molecule has 2 aromatic carbocycles. The van der Waals surface area contributed by atoms with Gasteiger partial charge in [0.25, 0.3) is 0 Å². The molecule has 0 aliphatic carbocycles. The number of likely N-dealkylation sites (N-methyl/N-ethyl adjacent to an activating group) is 1. The molecule has 0 spiro atoms. The third kappa shape index (κ3) is 6.45. The summed E-state index contributed by atoms with van der Waals surface area (Å²) in [5, 5.41) is 3.09. The Hall–Kier alpha value is -1.96. The van der Waals surface area contributed by atoms with Gasteiger partial charge in [0.1, 0.15) is 5.75 Å². The number of hydrogen-bond acceptors (Lipinski definition) is 3. The van der Waals surface area contributed by atoms with Crippen molar-refractivity contribution in [3.63, 3.8) is 0 Å². The van der Waals surface area contributed by atoms with Crippen molar-refractivity contribution in [2.75, 3.05) is 37.0 Å². The molecular formula is C19H27IN4O. The molecule has 5 nitrogen and oxygen atoms in total. The first-order chi connectivity index (χ1) is 11.6. The van der Waals surface area contributed by atoms with Crippen LogP contribution in [0.3, 0.4) is 0 Å². The Balaban J connectivity index is 0.00000312. The first-order valence-electron chi connectivity index (χ1n) is 8.15. The van der Waals surface area contributed by atoms with Crippen molar-refractivity contribution in [1.29, 1.82) is 0 Å². The average Bonchev–Trinajstić information content (AvgIpc) is 2.60. The van der Waals surface area contributed by atoms with E-state index in [2.05, 4.69) is 53.3 Å². The van der Waals surface area contributed by atoms with Crippen LogP contribution in [-0.2, 0) is 0 Å². The number of para-hydroxylation sites is 1. The Kier molecular flexibility index (Phi) is 9.12. The lowest BCUT2D eigenvalue weighted by Crippen LogP contribution is -2.29. The fourth-order valence-electron chi connectivity index (χ4n) is 2.52. The number of nitrogens with two attached hydrogens (primary N) is 1. The van der Waals surface area contributed by atoms with Crippen LogP contribution >= 0.6 is 24.0 Å². The second-order valence-electron chi connectivity index (χ2n) is 5.49. The molecule has 2 rings (SSSR count). The highest BCUT2D eigenvalue weighted by Crippen LogP contribution is 2.18. The van der Waals surface area contributed by atoms with E-state index in [4.69, 9.17) is 10.5 Å². The van der Waals surface area contributed by atoms with Gasteiger partial charge in [-0.3, -0.25) is 4.99 Å². The Morgan fingerprint density at radius 3 is 2.44 bits per heavy atom. The molecular weight excluding hydrogens is 427 g/mol. The number of hydrogen-bond donors (Lipinski definition) is 2.